The Morgan fingerprint density at radius 3 is 2.88 bits per heavy atom. The number of aryl methyl sites for hydroxylation is 1. The van der Waals surface area contributed by atoms with Crippen LogP contribution in [0.3, 0.4) is 0 Å². The highest BCUT2D eigenvalue weighted by Gasteiger charge is 2.26. The summed E-state index contributed by atoms with van der Waals surface area (Å²) in [5, 5.41) is 7.39. The molecule has 2 aliphatic rings. The van der Waals surface area contributed by atoms with E-state index in [0.717, 1.165) is 47.0 Å². The van der Waals surface area contributed by atoms with E-state index in [4.69, 9.17) is 19.4 Å². The predicted molar refractivity (Wildman–Crippen MR) is 122 cm³/mol. The summed E-state index contributed by atoms with van der Waals surface area (Å²) < 4.78 is 11.4. The SMILES string of the molecule is C=CC(=O)N[C@H]1CC[C@@H](Nc2nc(C)c3cc(-c4ccnc5c4OCCO5)ccc3n2)C1. The summed E-state index contributed by atoms with van der Waals surface area (Å²) in [4.78, 5) is 25.2. The van der Waals surface area contributed by atoms with Crippen LogP contribution in [0.15, 0.2) is 43.1 Å². The minimum absolute atomic E-state index is 0.128. The monoisotopic (exact) mass is 431 g/mol. The fraction of sp³-hybridized carbons (Fsp3) is 0.333. The van der Waals surface area contributed by atoms with Crippen LogP contribution in [0.1, 0.15) is 25.0 Å². The lowest BCUT2D eigenvalue weighted by Crippen LogP contribution is -2.32. The van der Waals surface area contributed by atoms with Gasteiger partial charge in [0.15, 0.2) is 5.75 Å². The zero-order valence-corrected chi connectivity index (χ0v) is 17.9. The molecule has 1 fully saturated rings. The first-order valence-corrected chi connectivity index (χ1v) is 10.8. The molecule has 0 unspecified atom stereocenters. The van der Waals surface area contributed by atoms with Crippen molar-refractivity contribution in [2.24, 2.45) is 0 Å². The van der Waals surface area contributed by atoms with Crippen LogP contribution in [0.5, 0.6) is 11.6 Å². The van der Waals surface area contributed by atoms with Crippen molar-refractivity contribution in [1.29, 1.82) is 0 Å². The van der Waals surface area contributed by atoms with Gasteiger partial charge >= 0.3 is 0 Å². The standard InChI is InChI=1S/C24H25N5O3/c1-3-21(30)27-16-5-6-17(13-16)28-24-26-14(2)19-12-15(4-7-20(19)29-24)18-8-9-25-23-22(18)31-10-11-32-23/h3-4,7-9,12,16-17H,1,5-6,10-11,13H2,2H3,(H,27,30)(H,26,28,29)/t16-,17+/m0/s1. The number of amides is 1. The number of nitrogens with one attached hydrogen (secondary N) is 2. The molecule has 0 spiro atoms. The Bertz CT molecular complexity index is 1200. The van der Waals surface area contributed by atoms with Crippen LogP contribution in [-0.4, -0.2) is 46.2 Å². The number of hydrogen-bond donors (Lipinski definition) is 2. The number of carbonyl (C=O) groups excluding carboxylic acids is 1. The van der Waals surface area contributed by atoms with E-state index in [-0.39, 0.29) is 18.0 Å². The largest absolute Gasteiger partial charge is 0.484 e. The van der Waals surface area contributed by atoms with Gasteiger partial charge in [-0.05, 0) is 56.0 Å². The van der Waals surface area contributed by atoms with Gasteiger partial charge in [0, 0.05) is 29.2 Å². The Balaban J connectivity index is 1.38. The van der Waals surface area contributed by atoms with Crippen LogP contribution in [0.2, 0.25) is 0 Å². The van der Waals surface area contributed by atoms with Crippen LogP contribution in [0.25, 0.3) is 22.0 Å². The number of carbonyl (C=O) groups is 1. The molecule has 2 N–H and O–H groups in total. The molecule has 3 heterocycles. The topological polar surface area (TPSA) is 98.3 Å². The zero-order chi connectivity index (χ0) is 22.1. The number of nitrogens with zero attached hydrogens (tertiary/aromatic N) is 3. The molecule has 8 nitrogen and oxygen atoms in total. The first-order chi connectivity index (χ1) is 15.6. The summed E-state index contributed by atoms with van der Waals surface area (Å²) in [7, 11) is 0. The maximum absolute atomic E-state index is 11.5. The van der Waals surface area contributed by atoms with E-state index >= 15 is 0 Å². The second-order valence-corrected chi connectivity index (χ2v) is 8.12. The van der Waals surface area contributed by atoms with Gasteiger partial charge in [-0.1, -0.05) is 12.6 Å². The first kappa shape index (κ1) is 20.2. The third kappa shape index (κ3) is 3.95. The lowest BCUT2D eigenvalue weighted by Gasteiger charge is -2.20. The van der Waals surface area contributed by atoms with Gasteiger partial charge in [0.1, 0.15) is 13.2 Å². The Morgan fingerprint density at radius 1 is 1.16 bits per heavy atom. The molecule has 2 atom stereocenters. The molecule has 32 heavy (non-hydrogen) atoms. The van der Waals surface area contributed by atoms with Crippen molar-refractivity contribution in [1.82, 2.24) is 20.3 Å². The van der Waals surface area contributed by atoms with Crippen molar-refractivity contribution in [3.8, 4) is 22.8 Å². The van der Waals surface area contributed by atoms with E-state index in [1.165, 1.54) is 6.08 Å². The maximum Gasteiger partial charge on any atom is 0.257 e. The van der Waals surface area contributed by atoms with E-state index in [1.807, 2.05) is 25.1 Å². The van der Waals surface area contributed by atoms with Gasteiger partial charge in [-0.3, -0.25) is 4.79 Å². The number of ether oxygens (including phenoxy) is 2. The molecule has 1 aliphatic carbocycles. The van der Waals surface area contributed by atoms with Gasteiger partial charge in [0.05, 0.1) is 11.2 Å². The number of benzene rings is 1. The highest BCUT2D eigenvalue weighted by Crippen LogP contribution is 2.39. The minimum Gasteiger partial charge on any atom is -0.484 e. The van der Waals surface area contributed by atoms with Gasteiger partial charge < -0.3 is 20.1 Å². The molecule has 0 saturated heterocycles. The Kier molecular flexibility index (Phi) is 5.34. The van der Waals surface area contributed by atoms with Gasteiger partial charge in [0.2, 0.25) is 11.9 Å². The fourth-order valence-corrected chi connectivity index (χ4v) is 4.38. The summed E-state index contributed by atoms with van der Waals surface area (Å²) in [6, 6.07) is 8.42. The zero-order valence-electron chi connectivity index (χ0n) is 17.9. The van der Waals surface area contributed by atoms with E-state index in [0.29, 0.717) is 30.8 Å². The average Bonchev–Trinajstić information content (AvgIpc) is 3.25. The van der Waals surface area contributed by atoms with Crippen molar-refractivity contribution in [3.63, 3.8) is 0 Å². The average molecular weight is 431 g/mol. The van der Waals surface area contributed by atoms with Crippen molar-refractivity contribution in [3.05, 3.63) is 48.8 Å². The summed E-state index contributed by atoms with van der Waals surface area (Å²) >= 11 is 0. The third-order valence-corrected chi connectivity index (χ3v) is 5.94. The smallest absolute Gasteiger partial charge is 0.257 e. The van der Waals surface area contributed by atoms with Crippen molar-refractivity contribution >= 4 is 22.8 Å². The molecule has 164 valence electrons. The maximum atomic E-state index is 11.5. The summed E-state index contributed by atoms with van der Waals surface area (Å²) in [5.41, 5.74) is 3.72. The van der Waals surface area contributed by atoms with Crippen molar-refractivity contribution < 1.29 is 14.3 Å². The second kappa shape index (κ2) is 8.45. The van der Waals surface area contributed by atoms with Crippen LogP contribution < -0.4 is 20.1 Å². The van der Waals surface area contributed by atoms with Crippen molar-refractivity contribution in [2.75, 3.05) is 18.5 Å². The molecular formula is C24H25N5O3. The Morgan fingerprint density at radius 2 is 2.00 bits per heavy atom. The first-order valence-electron chi connectivity index (χ1n) is 10.8. The molecular weight excluding hydrogens is 406 g/mol. The molecule has 1 amide bonds. The highest BCUT2D eigenvalue weighted by atomic mass is 16.6. The summed E-state index contributed by atoms with van der Waals surface area (Å²) in [5.74, 6) is 1.69. The lowest BCUT2D eigenvalue weighted by atomic mass is 10.0. The van der Waals surface area contributed by atoms with E-state index in [9.17, 15) is 4.79 Å². The molecule has 5 rings (SSSR count). The number of fused-ring (bicyclic) bond motifs is 2. The molecule has 0 radical (unpaired) electrons. The van der Waals surface area contributed by atoms with Crippen LogP contribution in [0.4, 0.5) is 5.95 Å². The van der Waals surface area contributed by atoms with Gasteiger partial charge in [0.25, 0.3) is 5.88 Å². The van der Waals surface area contributed by atoms with Crippen LogP contribution >= 0.6 is 0 Å². The van der Waals surface area contributed by atoms with Gasteiger partial charge in [-0.2, -0.15) is 0 Å². The second-order valence-electron chi connectivity index (χ2n) is 8.12. The van der Waals surface area contributed by atoms with E-state index < -0.39 is 0 Å². The fourth-order valence-electron chi connectivity index (χ4n) is 4.38. The minimum atomic E-state index is -0.128. The van der Waals surface area contributed by atoms with Crippen LogP contribution in [-0.2, 0) is 4.79 Å². The highest BCUT2D eigenvalue weighted by molar-refractivity contribution is 5.88. The molecule has 3 aromatic rings. The number of rotatable bonds is 5. The molecule has 1 aromatic carbocycles. The molecule has 0 bridgehead atoms. The molecule has 2 aromatic heterocycles. The molecule has 8 heteroatoms. The Labute approximate surface area is 186 Å². The number of aromatic nitrogens is 3. The number of hydrogen-bond acceptors (Lipinski definition) is 7. The Hall–Kier alpha value is -3.68. The number of anilines is 1. The quantitative estimate of drug-likeness (QED) is 0.598. The van der Waals surface area contributed by atoms with Gasteiger partial charge in [-0.25, -0.2) is 15.0 Å². The van der Waals surface area contributed by atoms with Gasteiger partial charge in [-0.15, -0.1) is 0 Å². The van der Waals surface area contributed by atoms with E-state index in [1.54, 1.807) is 6.20 Å². The third-order valence-electron chi connectivity index (χ3n) is 5.94. The van der Waals surface area contributed by atoms with Crippen molar-refractivity contribution in [2.45, 2.75) is 38.3 Å². The van der Waals surface area contributed by atoms with E-state index in [2.05, 4.69) is 28.3 Å². The predicted octanol–water partition coefficient (Wildman–Crippen LogP) is 3.41. The molecule has 1 aliphatic heterocycles. The normalized spacial score (nSPS) is 19.5. The molecule has 1 saturated carbocycles. The lowest BCUT2D eigenvalue weighted by molar-refractivity contribution is -0.117. The summed E-state index contributed by atoms with van der Waals surface area (Å²) in [6.45, 7) is 6.52. The number of pyridine rings is 1. The summed E-state index contributed by atoms with van der Waals surface area (Å²) in [6.07, 6.45) is 5.77. The van der Waals surface area contributed by atoms with Crippen LogP contribution in [0, 0.1) is 6.92 Å².